The van der Waals surface area contributed by atoms with Gasteiger partial charge in [0.1, 0.15) is 0 Å². The largest absolute Gasteiger partial charge is 0.481 e. The summed E-state index contributed by atoms with van der Waals surface area (Å²) in [6, 6.07) is 0. The highest BCUT2D eigenvalue weighted by molar-refractivity contribution is 7.99. The lowest BCUT2D eigenvalue weighted by molar-refractivity contribution is -0.137. The van der Waals surface area contributed by atoms with Crippen LogP contribution in [0.2, 0.25) is 0 Å². The van der Waals surface area contributed by atoms with Gasteiger partial charge in [-0.2, -0.15) is 11.8 Å². The fourth-order valence-electron chi connectivity index (χ4n) is 2.21. The standard InChI is InChI=1S/C13H24O2S/c14-13(15)10-5-3-1-2-4-8-12-9-6-7-11-16-12/h12H,1-11H2,(H,14,15). The lowest BCUT2D eigenvalue weighted by Gasteiger charge is -2.20. The van der Waals surface area contributed by atoms with Gasteiger partial charge >= 0.3 is 5.97 Å². The maximum absolute atomic E-state index is 10.3. The molecule has 0 bridgehead atoms. The summed E-state index contributed by atoms with van der Waals surface area (Å²) in [5.41, 5.74) is 0. The first-order chi connectivity index (χ1) is 7.79. The highest BCUT2D eigenvalue weighted by Gasteiger charge is 2.12. The lowest BCUT2D eigenvalue weighted by atomic mass is 10.1. The van der Waals surface area contributed by atoms with Gasteiger partial charge in [-0.25, -0.2) is 0 Å². The van der Waals surface area contributed by atoms with Crippen LogP contribution >= 0.6 is 11.8 Å². The van der Waals surface area contributed by atoms with Crippen LogP contribution in [0.3, 0.4) is 0 Å². The summed E-state index contributed by atoms with van der Waals surface area (Å²) in [6.45, 7) is 0. The van der Waals surface area contributed by atoms with Crippen molar-refractivity contribution in [1.82, 2.24) is 0 Å². The third-order valence-corrected chi connectivity index (χ3v) is 4.66. The maximum Gasteiger partial charge on any atom is 0.303 e. The van der Waals surface area contributed by atoms with E-state index >= 15 is 0 Å². The Bertz CT molecular complexity index is 188. The van der Waals surface area contributed by atoms with Crippen molar-refractivity contribution in [3.05, 3.63) is 0 Å². The molecule has 94 valence electrons. The number of unbranched alkanes of at least 4 members (excludes halogenated alkanes) is 4. The summed E-state index contributed by atoms with van der Waals surface area (Å²) in [5, 5.41) is 9.41. The molecule has 0 aromatic rings. The number of hydrogen-bond donors (Lipinski definition) is 1. The number of carboxylic acids is 1. The monoisotopic (exact) mass is 244 g/mol. The highest BCUT2D eigenvalue weighted by atomic mass is 32.2. The zero-order valence-corrected chi connectivity index (χ0v) is 10.9. The Balaban J connectivity index is 1.82. The number of rotatable bonds is 8. The highest BCUT2D eigenvalue weighted by Crippen LogP contribution is 2.28. The minimum absolute atomic E-state index is 0.346. The van der Waals surface area contributed by atoms with Gasteiger partial charge in [-0.3, -0.25) is 4.79 Å². The maximum atomic E-state index is 10.3. The molecule has 1 N–H and O–H groups in total. The molecule has 0 amide bonds. The topological polar surface area (TPSA) is 37.3 Å². The molecule has 0 spiro atoms. The normalized spacial score (nSPS) is 20.9. The zero-order valence-electron chi connectivity index (χ0n) is 10.1. The number of carbonyl (C=O) groups is 1. The summed E-state index contributed by atoms with van der Waals surface area (Å²) in [4.78, 5) is 10.3. The summed E-state index contributed by atoms with van der Waals surface area (Å²) in [5.74, 6) is 0.710. The van der Waals surface area contributed by atoms with Crippen LogP contribution in [-0.4, -0.2) is 22.1 Å². The average molecular weight is 244 g/mol. The van der Waals surface area contributed by atoms with Crippen molar-refractivity contribution in [2.75, 3.05) is 5.75 Å². The molecule has 16 heavy (non-hydrogen) atoms. The number of aliphatic carboxylic acids is 1. The van der Waals surface area contributed by atoms with E-state index < -0.39 is 5.97 Å². The Morgan fingerprint density at radius 1 is 1.12 bits per heavy atom. The van der Waals surface area contributed by atoms with Crippen molar-refractivity contribution in [1.29, 1.82) is 0 Å². The minimum atomic E-state index is -0.654. The van der Waals surface area contributed by atoms with Gasteiger partial charge in [0.2, 0.25) is 0 Å². The van der Waals surface area contributed by atoms with Crippen molar-refractivity contribution in [2.24, 2.45) is 0 Å². The first kappa shape index (κ1) is 13.9. The molecular weight excluding hydrogens is 220 g/mol. The van der Waals surface area contributed by atoms with Crippen LogP contribution in [0.1, 0.15) is 64.2 Å². The molecule has 1 saturated heterocycles. The van der Waals surface area contributed by atoms with E-state index in [9.17, 15) is 4.79 Å². The molecule has 1 aliphatic heterocycles. The van der Waals surface area contributed by atoms with Gasteiger partial charge < -0.3 is 5.11 Å². The molecule has 0 aliphatic carbocycles. The van der Waals surface area contributed by atoms with E-state index in [0.29, 0.717) is 6.42 Å². The van der Waals surface area contributed by atoms with Gasteiger partial charge in [0.05, 0.1) is 0 Å². The number of carboxylic acid groups (broad SMARTS) is 1. The van der Waals surface area contributed by atoms with Gasteiger partial charge in [-0.05, 0) is 31.4 Å². The molecule has 1 heterocycles. The first-order valence-electron chi connectivity index (χ1n) is 6.62. The fourth-order valence-corrected chi connectivity index (χ4v) is 3.58. The average Bonchev–Trinajstić information content (AvgIpc) is 2.29. The Morgan fingerprint density at radius 3 is 2.56 bits per heavy atom. The minimum Gasteiger partial charge on any atom is -0.481 e. The van der Waals surface area contributed by atoms with Crippen LogP contribution in [0.25, 0.3) is 0 Å². The van der Waals surface area contributed by atoms with E-state index in [1.165, 1.54) is 50.7 Å². The van der Waals surface area contributed by atoms with Gasteiger partial charge in [-0.1, -0.05) is 32.1 Å². The molecule has 2 nitrogen and oxygen atoms in total. The predicted molar refractivity (Wildman–Crippen MR) is 70.1 cm³/mol. The molecule has 0 aromatic carbocycles. The molecule has 1 unspecified atom stereocenters. The first-order valence-corrected chi connectivity index (χ1v) is 7.67. The van der Waals surface area contributed by atoms with Gasteiger partial charge in [0.15, 0.2) is 0 Å². The van der Waals surface area contributed by atoms with Crippen LogP contribution < -0.4 is 0 Å². The Kier molecular flexibility index (Phi) is 7.73. The van der Waals surface area contributed by atoms with Gasteiger partial charge in [0, 0.05) is 11.7 Å². The molecule has 1 rings (SSSR count). The molecule has 0 radical (unpaired) electrons. The lowest BCUT2D eigenvalue weighted by Crippen LogP contribution is -2.08. The smallest absolute Gasteiger partial charge is 0.303 e. The second-order valence-corrected chi connectivity index (χ2v) is 6.10. The van der Waals surface area contributed by atoms with Gasteiger partial charge in [0.25, 0.3) is 0 Å². The van der Waals surface area contributed by atoms with Gasteiger partial charge in [-0.15, -0.1) is 0 Å². The van der Waals surface area contributed by atoms with Crippen LogP contribution in [0.15, 0.2) is 0 Å². The molecule has 1 aliphatic rings. The number of thioether (sulfide) groups is 1. The van der Waals surface area contributed by atoms with E-state index in [1.54, 1.807) is 0 Å². The van der Waals surface area contributed by atoms with Crippen LogP contribution in [-0.2, 0) is 4.79 Å². The predicted octanol–water partition coefficient (Wildman–Crippen LogP) is 4.09. The summed E-state index contributed by atoms with van der Waals surface area (Å²) in [6.07, 6.45) is 11.8. The Morgan fingerprint density at radius 2 is 1.88 bits per heavy atom. The Hall–Kier alpha value is -0.180. The van der Waals surface area contributed by atoms with E-state index in [2.05, 4.69) is 11.8 Å². The molecule has 0 aromatic heterocycles. The van der Waals surface area contributed by atoms with Crippen LogP contribution in [0, 0.1) is 0 Å². The van der Waals surface area contributed by atoms with E-state index in [0.717, 1.165) is 18.1 Å². The SMILES string of the molecule is O=C(O)CCCCCCCC1CCCCS1. The second-order valence-electron chi connectivity index (χ2n) is 4.69. The van der Waals surface area contributed by atoms with Crippen molar-refractivity contribution in [2.45, 2.75) is 69.5 Å². The summed E-state index contributed by atoms with van der Waals surface area (Å²) >= 11 is 2.16. The van der Waals surface area contributed by atoms with Crippen LogP contribution in [0.5, 0.6) is 0 Å². The quantitative estimate of drug-likeness (QED) is 0.653. The van der Waals surface area contributed by atoms with Crippen molar-refractivity contribution in [3.8, 4) is 0 Å². The zero-order chi connectivity index (χ0) is 11.6. The molecule has 1 fully saturated rings. The van der Waals surface area contributed by atoms with Crippen molar-refractivity contribution in [3.63, 3.8) is 0 Å². The Labute approximate surface area is 103 Å². The van der Waals surface area contributed by atoms with E-state index in [4.69, 9.17) is 5.11 Å². The van der Waals surface area contributed by atoms with E-state index in [1.807, 2.05) is 0 Å². The van der Waals surface area contributed by atoms with Crippen molar-refractivity contribution >= 4 is 17.7 Å². The fraction of sp³-hybridized carbons (Fsp3) is 0.923. The second kappa shape index (κ2) is 8.91. The summed E-state index contributed by atoms with van der Waals surface area (Å²) in [7, 11) is 0. The molecular formula is C13H24O2S. The number of hydrogen-bond acceptors (Lipinski definition) is 2. The molecule has 1 atom stereocenters. The third kappa shape index (κ3) is 7.15. The summed E-state index contributed by atoms with van der Waals surface area (Å²) < 4.78 is 0. The van der Waals surface area contributed by atoms with Crippen LogP contribution in [0.4, 0.5) is 0 Å². The molecule has 0 saturated carbocycles. The van der Waals surface area contributed by atoms with E-state index in [-0.39, 0.29) is 0 Å². The molecule has 3 heteroatoms. The van der Waals surface area contributed by atoms with Crippen molar-refractivity contribution < 1.29 is 9.90 Å². The third-order valence-electron chi connectivity index (χ3n) is 3.19.